The van der Waals surface area contributed by atoms with Crippen molar-refractivity contribution in [2.24, 2.45) is 0 Å². The topological polar surface area (TPSA) is 72.6 Å². The van der Waals surface area contributed by atoms with Gasteiger partial charge in [0.1, 0.15) is 11.6 Å². The van der Waals surface area contributed by atoms with Gasteiger partial charge in [0, 0.05) is 11.1 Å². The summed E-state index contributed by atoms with van der Waals surface area (Å²) in [5.41, 5.74) is -0.412. The quantitative estimate of drug-likeness (QED) is 0.677. The Bertz CT molecular complexity index is 691. The zero-order valence-electron chi connectivity index (χ0n) is 10.9. The largest absolute Gasteiger partial charge is 0.450 e. The monoisotopic (exact) mass is 311 g/mol. The second-order valence-corrected chi connectivity index (χ2v) is 4.74. The van der Waals surface area contributed by atoms with Gasteiger partial charge in [-0.15, -0.1) is 0 Å². The van der Waals surface area contributed by atoms with Crippen LogP contribution in [0.25, 0.3) is 0 Å². The van der Waals surface area contributed by atoms with Crippen LogP contribution in [0.5, 0.6) is 11.5 Å². The van der Waals surface area contributed by atoms with Crippen molar-refractivity contribution in [2.45, 2.75) is 13.0 Å². The molecular weight excluding hydrogens is 301 g/mol. The summed E-state index contributed by atoms with van der Waals surface area (Å²) in [5.74, 6) is -0.730. The molecule has 0 aliphatic heterocycles. The predicted molar refractivity (Wildman–Crippen MR) is 75.2 cm³/mol. The standard InChI is InChI=1S/C14H11ClFNO4/c1-8(18)14-10(16)3-2-4-13(14)21-12-6-5-9(15)7-11(12)17(19)20/h2-8,18H,1H3/t8-/m0/s1. The van der Waals surface area contributed by atoms with E-state index in [0.717, 1.165) is 6.07 Å². The molecule has 0 aliphatic rings. The maximum atomic E-state index is 13.7. The van der Waals surface area contributed by atoms with Gasteiger partial charge in [-0.05, 0) is 31.2 Å². The van der Waals surface area contributed by atoms with Crippen LogP contribution < -0.4 is 4.74 Å². The molecule has 5 nitrogen and oxygen atoms in total. The molecule has 0 fully saturated rings. The third kappa shape index (κ3) is 3.29. The van der Waals surface area contributed by atoms with Crippen LogP contribution in [0.4, 0.5) is 10.1 Å². The van der Waals surface area contributed by atoms with E-state index < -0.39 is 16.8 Å². The molecule has 2 aromatic rings. The summed E-state index contributed by atoms with van der Waals surface area (Å²) in [6.45, 7) is 1.38. The lowest BCUT2D eigenvalue weighted by Crippen LogP contribution is -2.01. The highest BCUT2D eigenvalue weighted by Crippen LogP contribution is 2.37. The molecule has 21 heavy (non-hydrogen) atoms. The smallest absolute Gasteiger partial charge is 0.313 e. The molecule has 0 radical (unpaired) electrons. The second-order valence-electron chi connectivity index (χ2n) is 4.30. The number of nitrogens with zero attached hydrogens (tertiary/aromatic N) is 1. The molecule has 0 saturated carbocycles. The Balaban J connectivity index is 2.49. The van der Waals surface area contributed by atoms with Gasteiger partial charge in [-0.25, -0.2) is 4.39 Å². The van der Waals surface area contributed by atoms with E-state index in [-0.39, 0.29) is 27.8 Å². The number of hydrogen-bond donors (Lipinski definition) is 1. The average molecular weight is 312 g/mol. The molecule has 0 unspecified atom stereocenters. The van der Waals surface area contributed by atoms with Crippen molar-refractivity contribution >= 4 is 17.3 Å². The maximum Gasteiger partial charge on any atom is 0.313 e. The fraction of sp³-hybridized carbons (Fsp3) is 0.143. The Morgan fingerprint density at radius 1 is 1.33 bits per heavy atom. The number of nitro benzene ring substituents is 1. The van der Waals surface area contributed by atoms with Crippen LogP contribution in [0.3, 0.4) is 0 Å². The zero-order chi connectivity index (χ0) is 15.6. The molecule has 0 saturated heterocycles. The first-order chi connectivity index (χ1) is 9.90. The molecule has 2 rings (SSSR count). The van der Waals surface area contributed by atoms with E-state index in [0.29, 0.717) is 0 Å². The summed E-state index contributed by atoms with van der Waals surface area (Å²) in [7, 11) is 0. The fourth-order valence-corrected chi connectivity index (χ4v) is 2.02. The number of nitro groups is 1. The van der Waals surface area contributed by atoms with Crippen LogP contribution in [-0.4, -0.2) is 10.0 Å². The molecule has 1 N–H and O–H groups in total. The Hall–Kier alpha value is -2.18. The van der Waals surface area contributed by atoms with Gasteiger partial charge in [0.05, 0.1) is 16.6 Å². The Kier molecular flexibility index (Phi) is 4.40. The van der Waals surface area contributed by atoms with E-state index in [9.17, 15) is 19.6 Å². The predicted octanol–water partition coefficient (Wildman–Crippen LogP) is 4.23. The van der Waals surface area contributed by atoms with Crippen LogP contribution in [0.2, 0.25) is 5.02 Å². The normalized spacial score (nSPS) is 12.0. The Morgan fingerprint density at radius 2 is 2.05 bits per heavy atom. The minimum Gasteiger partial charge on any atom is -0.450 e. The molecule has 0 aromatic heterocycles. The second kappa shape index (κ2) is 6.07. The van der Waals surface area contributed by atoms with E-state index in [1.54, 1.807) is 0 Å². The first-order valence-corrected chi connectivity index (χ1v) is 6.36. The molecule has 7 heteroatoms. The van der Waals surface area contributed by atoms with Crippen molar-refractivity contribution in [3.05, 3.63) is 62.9 Å². The third-order valence-corrected chi connectivity index (χ3v) is 3.00. The van der Waals surface area contributed by atoms with Gasteiger partial charge in [0.15, 0.2) is 0 Å². The highest BCUT2D eigenvalue weighted by Gasteiger charge is 2.20. The van der Waals surface area contributed by atoms with Crippen molar-refractivity contribution in [3.8, 4) is 11.5 Å². The molecule has 0 aliphatic carbocycles. The molecule has 0 amide bonds. The summed E-state index contributed by atoms with van der Waals surface area (Å²) in [5, 5.41) is 20.8. The molecule has 0 heterocycles. The SMILES string of the molecule is C[C@H](O)c1c(F)cccc1Oc1ccc(Cl)cc1[N+](=O)[O-]. The molecule has 1 atom stereocenters. The Labute approximate surface area is 124 Å². The summed E-state index contributed by atoms with van der Waals surface area (Å²) in [6, 6.07) is 7.85. The van der Waals surface area contributed by atoms with E-state index in [1.165, 1.54) is 37.3 Å². The minimum atomic E-state index is -1.12. The lowest BCUT2D eigenvalue weighted by molar-refractivity contribution is -0.385. The van der Waals surface area contributed by atoms with E-state index >= 15 is 0 Å². The lowest BCUT2D eigenvalue weighted by atomic mass is 10.1. The maximum absolute atomic E-state index is 13.7. The summed E-state index contributed by atoms with van der Waals surface area (Å²) >= 11 is 5.71. The van der Waals surface area contributed by atoms with E-state index in [2.05, 4.69) is 0 Å². The number of benzene rings is 2. The van der Waals surface area contributed by atoms with Gasteiger partial charge in [-0.1, -0.05) is 17.7 Å². The number of halogens is 2. The van der Waals surface area contributed by atoms with E-state index in [1.807, 2.05) is 0 Å². The highest BCUT2D eigenvalue weighted by molar-refractivity contribution is 6.30. The van der Waals surface area contributed by atoms with Crippen molar-refractivity contribution in [2.75, 3.05) is 0 Å². The Morgan fingerprint density at radius 3 is 2.67 bits per heavy atom. The molecule has 110 valence electrons. The number of rotatable bonds is 4. The van der Waals surface area contributed by atoms with Gasteiger partial charge in [-0.3, -0.25) is 10.1 Å². The van der Waals surface area contributed by atoms with Gasteiger partial charge in [0.25, 0.3) is 0 Å². The van der Waals surface area contributed by atoms with Crippen LogP contribution in [0.15, 0.2) is 36.4 Å². The van der Waals surface area contributed by atoms with Gasteiger partial charge in [0.2, 0.25) is 5.75 Å². The third-order valence-electron chi connectivity index (χ3n) is 2.77. The lowest BCUT2D eigenvalue weighted by Gasteiger charge is -2.14. The van der Waals surface area contributed by atoms with Crippen LogP contribution in [-0.2, 0) is 0 Å². The number of hydrogen-bond acceptors (Lipinski definition) is 4. The van der Waals surface area contributed by atoms with Gasteiger partial charge < -0.3 is 9.84 Å². The molecule has 0 bridgehead atoms. The molecule has 0 spiro atoms. The molecule has 2 aromatic carbocycles. The first-order valence-electron chi connectivity index (χ1n) is 5.98. The van der Waals surface area contributed by atoms with Crippen molar-refractivity contribution in [1.29, 1.82) is 0 Å². The first kappa shape index (κ1) is 15.2. The van der Waals surface area contributed by atoms with Gasteiger partial charge >= 0.3 is 5.69 Å². The number of ether oxygens (including phenoxy) is 1. The van der Waals surface area contributed by atoms with Crippen molar-refractivity contribution < 1.29 is 19.2 Å². The van der Waals surface area contributed by atoms with Gasteiger partial charge in [-0.2, -0.15) is 0 Å². The summed E-state index contributed by atoms with van der Waals surface area (Å²) < 4.78 is 19.1. The number of aliphatic hydroxyl groups excluding tert-OH is 1. The van der Waals surface area contributed by atoms with Crippen molar-refractivity contribution in [3.63, 3.8) is 0 Å². The van der Waals surface area contributed by atoms with Crippen molar-refractivity contribution in [1.82, 2.24) is 0 Å². The fourth-order valence-electron chi connectivity index (χ4n) is 1.85. The summed E-state index contributed by atoms with van der Waals surface area (Å²) in [6.07, 6.45) is -1.12. The van der Waals surface area contributed by atoms with Crippen LogP contribution >= 0.6 is 11.6 Å². The average Bonchev–Trinajstić information content (AvgIpc) is 2.40. The summed E-state index contributed by atoms with van der Waals surface area (Å²) in [4.78, 5) is 10.3. The number of aliphatic hydroxyl groups is 1. The van der Waals surface area contributed by atoms with Crippen LogP contribution in [0, 0.1) is 15.9 Å². The minimum absolute atomic E-state index is 0.00965. The van der Waals surface area contributed by atoms with E-state index in [4.69, 9.17) is 16.3 Å². The van der Waals surface area contributed by atoms with Crippen LogP contribution in [0.1, 0.15) is 18.6 Å². The zero-order valence-corrected chi connectivity index (χ0v) is 11.7. The molecular formula is C14H11ClFNO4. The highest BCUT2D eigenvalue weighted by atomic mass is 35.5.